The Kier molecular flexibility index (Phi) is 4.45. The molecule has 1 aliphatic heterocycles. The molecule has 1 aromatic carbocycles. The predicted molar refractivity (Wildman–Crippen MR) is 84.1 cm³/mol. The van der Waals surface area contributed by atoms with Crippen molar-refractivity contribution in [1.82, 2.24) is 10.2 Å². The van der Waals surface area contributed by atoms with Gasteiger partial charge in [0, 0.05) is 12.3 Å². The van der Waals surface area contributed by atoms with Crippen LogP contribution in [0.4, 0.5) is 17.3 Å². The van der Waals surface area contributed by atoms with Gasteiger partial charge >= 0.3 is 0 Å². The fourth-order valence-corrected chi connectivity index (χ4v) is 2.27. The van der Waals surface area contributed by atoms with Crippen LogP contribution in [-0.2, 0) is 9.53 Å². The number of ether oxygens (including phenoxy) is 1. The average Bonchev–Trinajstić information content (AvgIpc) is 3.11. The van der Waals surface area contributed by atoms with E-state index >= 15 is 0 Å². The van der Waals surface area contributed by atoms with Gasteiger partial charge in [-0.1, -0.05) is 6.07 Å². The Morgan fingerprint density at radius 2 is 2.09 bits per heavy atom. The Labute approximate surface area is 133 Å². The maximum atomic E-state index is 11.9. The highest BCUT2D eigenvalue weighted by atomic mass is 16.5. The lowest BCUT2D eigenvalue weighted by atomic mass is 10.2. The second kappa shape index (κ2) is 6.85. The summed E-state index contributed by atoms with van der Waals surface area (Å²) in [7, 11) is 0. The lowest BCUT2D eigenvalue weighted by Gasteiger charge is -2.10. The summed E-state index contributed by atoms with van der Waals surface area (Å²) in [4.78, 5) is 11.9. The van der Waals surface area contributed by atoms with E-state index in [0.717, 1.165) is 18.5 Å². The van der Waals surface area contributed by atoms with E-state index in [1.807, 2.05) is 6.07 Å². The molecule has 23 heavy (non-hydrogen) atoms. The largest absolute Gasteiger partial charge is 0.368 e. The monoisotopic (exact) mass is 309 g/mol. The normalized spacial score (nSPS) is 16.6. The van der Waals surface area contributed by atoms with Gasteiger partial charge < -0.3 is 15.4 Å². The summed E-state index contributed by atoms with van der Waals surface area (Å²) in [6.45, 7) is 0.619. The standard InChI is InChI=1S/C16H15N5O2/c17-10-11-3-1-4-12(9-11)18-14-6-7-15(21-20-14)19-16(22)13-5-2-8-23-13/h1,3-4,6-7,9,13H,2,5,8H2,(H,18,20)(H,19,21,22). The van der Waals surface area contributed by atoms with Crippen LogP contribution in [0, 0.1) is 11.3 Å². The third-order valence-electron chi connectivity index (χ3n) is 3.40. The van der Waals surface area contributed by atoms with Crippen molar-refractivity contribution in [3.8, 4) is 6.07 Å². The number of nitrogens with one attached hydrogen (secondary N) is 2. The van der Waals surface area contributed by atoms with E-state index in [-0.39, 0.29) is 5.91 Å². The Bertz CT molecular complexity index is 733. The third-order valence-corrected chi connectivity index (χ3v) is 3.40. The molecule has 7 nitrogen and oxygen atoms in total. The summed E-state index contributed by atoms with van der Waals surface area (Å²) in [5.74, 6) is 0.705. The summed E-state index contributed by atoms with van der Waals surface area (Å²) >= 11 is 0. The van der Waals surface area contributed by atoms with Crippen LogP contribution in [0.5, 0.6) is 0 Å². The van der Waals surface area contributed by atoms with Gasteiger partial charge in [0.25, 0.3) is 5.91 Å². The highest BCUT2D eigenvalue weighted by molar-refractivity contribution is 5.93. The molecule has 0 saturated carbocycles. The zero-order valence-corrected chi connectivity index (χ0v) is 12.3. The average molecular weight is 309 g/mol. The Morgan fingerprint density at radius 1 is 1.26 bits per heavy atom. The molecule has 0 bridgehead atoms. The maximum Gasteiger partial charge on any atom is 0.254 e. The number of nitrogens with zero attached hydrogens (tertiary/aromatic N) is 3. The van der Waals surface area contributed by atoms with Crippen LogP contribution in [0.15, 0.2) is 36.4 Å². The molecular weight excluding hydrogens is 294 g/mol. The highest BCUT2D eigenvalue weighted by Crippen LogP contribution is 2.17. The Hall–Kier alpha value is -2.98. The highest BCUT2D eigenvalue weighted by Gasteiger charge is 2.23. The zero-order chi connectivity index (χ0) is 16.1. The molecular formula is C16H15N5O2. The van der Waals surface area contributed by atoms with Crippen molar-refractivity contribution in [2.75, 3.05) is 17.2 Å². The van der Waals surface area contributed by atoms with Gasteiger partial charge in [-0.2, -0.15) is 5.26 Å². The molecule has 0 spiro atoms. The minimum atomic E-state index is -0.400. The number of aromatic nitrogens is 2. The molecule has 1 aliphatic rings. The number of hydrogen-bond donors (Lipinski definition) is 2. The quantitative estimate of drug-likeness (QED) is 0.898. The second-order valence-corrected chi connectivity index (χ2v) is 5.11. The molecule has 2 aromatic rings. The SMILES string of the molecule is N#Cc1cccc(Nc2ccc(NC(=O)C3CCCO3)nn2)c1. The molecule has 3 rings (SSSR count). The Balaban J connectivity index is 1.62. The summed E-state index contributed by atoms with van der Waals surface area (Å²) in [5, 5.41) is 22.6. The molecule has 2 heterocycles. The van der Waals surface area contributed by atoms with Crippen LogP contribution in [0.25, 0.3) is 0 Å². The molecule has 1 atom stereocenters. The van der Waals surface area contributed by atoms with Crippen molar-refractivity contribution in [1.29, 1.82) is 5.26 Å². The van der Waals surface area contributed by atoms with Crippen molar-refractivity contribution >= 4 is 23.2 Å². The van der Waals surface area contributed by atoms with E-state index in [9.17, 15) is 4.79 Å². The van der Waals surface area contributed by atoms with Gasteiger partial charge in [-0.05, 0) is 43.2 Å². The maximum absolute atomic E-state index is 11.9. The first-order valence-electron chi connectivity index (χ1n) is 7.28. The zero-order valence-electron chi connectivity index (χ0n) is 12.3. The fraction of sp³-hybridized carbons (Fsp3) is 0.250. The summed E-state index contributed by atoms with van der Waals surface area (Å²) < 4.78 is 5.31. The van der Waals surface area contributed by atoms with Crippen molar-refractivity contribution in [2.45, 2.75) is 18.9 Å². The smallest absolute Gasteiger partial charge is 0.254 e. The summed E-state index contributed by atoms with van der Waals surface area (Å²) in [5.41, 5.74) is 1.30. The van der Waals surface area contributed by atoms with Gasteiger partial charge in [-0.25, -0.2) is 0 Å². The fourth-order valence-electron chi connectivity index (χ4n) is 2.27. The van der Waals surface area contributed by atoms with Crippen LogP contribution in [-0.4, -0.2) is 28.8 Å². The first-order valence-corrected chi connectivity index (χ1v) is 7.28. The first kappa shape index (κ1) is 14.9. The van der Waals surface area contributed by atoms with Crippen LogP contribution < -0.4 is 10.6 Å². The Morgan fingerprint density at radius 3 is 2.78 bits per heavy atom. The molecule has 2 N–H and O–H groups in total. The van der Waals surface area contributed by atoms with Crippen LogP contribution >= 0.6 is 0 Å². The molecule has 1 aromatic heterocycles. The number of anilines is 3. The lowest BCUT2D eigenvalue weighted by Crippen LogP contribution is -2.27. The first-order chi connectivity index (χ1) is 11.2. The topological polar surface area (TPSA) is 99.9 Å². The number of carbonyl (C=O) groups excluding carboxylic acids is 1. The predicted octanol–water partition coefficient (Wildman–Crippen LogP) is 2.21. The summed E-state index contributed by atoms with van der Waals surface area (Å²) in [6, 6.07) is 12.5. The number of carbonyl (C=O) groups is 1. The van der Waals surface area contributed by atoms with Crippen LogP contribution in [0.2, 0.25) is 0 Å². The van der Waals surface area contributed by atoms with Crippen molar-refractivity contribution in [3.63, 3.8) is 0 Å². The number of amides is 1. The van der Waals surface area contributed by atoms with E-state index in [1.165, 1.54) is 0 Å². The molecule has 1 saturated heterocycles. The van der Waals surface area contributed by atoms with Gasteiger partial charge in [0.2, 0.25) is 0 Å². The van der Waals surface area contributed by atoms with Gasteiger partial charge in [-0.15, -0.1) is 10.2 Å². The minimum Gasteiger partial charge on any atom is -0.368 e. The van der Waals surface area contributed by atoms with Gasteiger partial charge in [0.15, 0.2) is 11.6 Å². The molecule has 1 amide bonds. The summed E-state index contributed by atoms with van der Waals surface area (Å²) in [6.07, 6.45) is 1.23. The second-order valence-electron chi connectivity index (χ2n) is 5.11. The van der Waals surface area contributed by atoms with Gasteiger partial charge in [0.1, 0.15) is 6.10 Å². The lowest BCUT2D eigenvalue weighted by molar-refractivity contribution is -0.124. The van der Waals surface area contributed by atoms with Crippen LogP contribution in [0.3, 0.4) is 0 Å². The van der Waals surface area contributed by atoms with E-state index in [0.29, 0.717) is 23.8 Å². The molecule has 1 unspecified atom stereocenters. The van der Waals surface area contributed by atoms with Gasteiger partial charge in [0.05, 0.1) is 11.6 Å². The number of nitriles is 1. The minimum absolute atomic E-state index is 0.195. The van der Waals surface area contributed by atoms with E-state index < -0.39 is 6.10 Å². The molecule has 1 fully saturated rings. The van der Waals surface area contributed by atoms with E-state index in [1.54, 1.807) is 30.3 Å². The molecule has 0 radical (unpaired) electrons. The van der Waals surface area contributed by atoms with Crippen molar-refractivity contribution in [2.24, 2.45) is 0 Å². The molecule has 7 heteroatoms. The molecule has 116 valence electrons. The number of hydrogen-bond acceptors (Lipinski definition) is 6. The van der Waals surface area contributed by atoms with E-state index in [4.69, 9.17) is 10.00 Å². The number of rotatable bonds is 4. The third kappa shape index (κ3) is 3.81. The van der Waals surface area contributed by atoms with Crippen molar-refractivity contribution in [3.05, 3.63) is 42.0 Å². The van der Waals surface area contributed by atoms with Crippen molar-refractivity contribution < 1.29 is 9.53 Å². The molecule has 0 aliphatic carbocycles. The van der Waals surface area contributed by atoms with Gasteiger partial charge in [-0.3, -0.25) is 4.79 Å². The van der Waals surface area contributed by atoms with Crippen LogP contribution in [0.1, 0.15) is 18.4 Å². The van der Waals surface area contributed by atoms with E-state index in [2.05, 4.69) is 26.9 Å². The number of benzene rings is 1.